The van der Waals surface area contributed by atoms with Gasteiger partial charge < -0.3 is 10.2 Å². The number of anilines is 1. The molecule has 0 atom stereocenters. The van der Waals surface area contributed by atoms with Gasteiger partial charge in [0.15, 0.2) is 0 Å². The summed E-state index contributed by atoms with van der Waals surface area (Å²) < 4.78 is 0.760. The maximum Gasteiger partial charge on any atom is 0.321 e. The summed E-state index contributed by atoms with van der Waals surface area (Å²) in [6.45, 7) is 0. The molecule has 0 bridgehead atoms. The monoisotopic (exact) mass is 276 g/mol. The summed E-state index contributed by atoms with van der Waals surface area (Å²) in [5.74, 6) is 0. The Labute approximate surface area is 96.2 Å². The van der Waals surface area contributed by atoms with Gasteiger partial charge in [-0.3, -0.25) is 0 Å². The van der Waals surface area contributed by atoms with Crippen molar-refractivity contribution in [3.05, 3.63) is 27.7 Å². The zero-order valence-corrected chi connectivity index (χ0v) is 10.2. The number of nitrogens with zero attached hydrogens (tertiary/aromatic N) is 1. The van der Waals surface area contributed by atoms with Gasteiger partial charge in [-0.25, -0.2) is 4.79 Å². The first kappa shape index (κ1) is 11.3. The van der Waals surface area contributed by atoms with Crippen LogP contribution in [0, 0.1) is 0 Å². The van der Waals surface area contributed by atoms with Crippen LogP contribution in [0.1, 0.15) is 0 Å². The van der Waals surface area contributed by atoms with Crippen LogP contribution in [0.25, 0.3) is 0 Å². The highest BCUT2D eigenvalue weighted by molar-refractivity contribution is 9.10. The minimum atomic E-state index is -0.167. The summed E-state index contributed by atoms with van der Waals surface area (Å²) in [6, 6.07) is 5.05. The normalized spacial score (nSPS) is 9.71. The van der Waals surface area contributed by atoms with Crippen molar-refractivity contribution >= 4 is 39.2 Å². The third kappa shape index (κ3) is 2.89. The maximum absolute atomic E-state index is 11.3. The van der Waals surface area contributed by atoms with Gasteiger partial charge in [0.1, 0.15) is 0 Å². The number of nitrogens with one attached hydrogen (secondary N) is 1. The molecule has 0 aromatic heterocycles. The SMILES string of the molecule is CN(C)C(=O)Nc1ccc(Cl)c(Br)c1. The second-order valence-corrected chi connectivity index (χ2v) is 4.22. The fraction of sp³-hybridized carbons (Fsp3) is 0.222. The zero-order valence-electron chi connectivity index (χ0n) is 7.84. The van der Waals surface area contributed by atoms with Crippen LogP contribution in [0.3, 0.4) is 0 Å². The van der Waals surface area contributed by atoms with E-state index in [4.69, 9.17) is 11.6 Å². The zero-order chi connectivity index (χ0) is 10.7. The van der Waals surface area contributed by atoms with E-state index in [-0.39, 0.29) is 6.03 Å². The van der Waals surface area contributed by atoms with Crippen LogP contribution in [0.2, 0.25) is 5.02 Å². The second kappa shape index (κ2) is 4.66. The largest absolute Gasteiger partial charge is 0.331 e. The molecule has 2 amide bonds. The van der Waals surface area contributed by atoms with Crippen LogP contribution < -0.4 is 5.32 Å². The van der Waals surface area contributed by atoms with Crippen molar-refractivity contribution in [2.75, 3.05) is 19.4 Å². The number of carbonyl (C=O) groups is 1. The van der Waals surface area contributed by atoms with Crippen molar-refractivity contribution < 1.29 is 4.79 Å². The lowest BCUT2D eigenvalue weighted by atomic mass is 10.3. The van der Waals surface area contributed by atoms with Crippen molar-refractivity contribution in [2.45, 2.75) is 0 Å². The average Bonchev–Trinajstić information content (AvgIpc) is 2.11. The highest BCUT2D eigenvalue weighted by Crippen LogP contribution is 2.25. The van der Waals surface area contributed by atoms with E-state index in [2.05, 4.69) is 21.2 Å². The molecule has 0 heterocycles. The van der Waals surface area contributed by atoms with E-state index in [0.717, 1.165) is 4.47 Å². The Balaban J connectivity index is 2.78. The smallest absolute Gasteiger partial charge is 0.321 e. The van der Waals surface area contributed by atoms with E-state index >= 15 is 0 Å². The Kier molecular flexibility index (Phi) is 3.77. The van der Waals surface area contributed by atoms with Gasteiger partial charge in [0.05, 0.1) is 5.02 Å². The van der Waals surface area contributed by atoms with E-state index in [1.165, 1.54) is 4.90 Å². The molecule has 1 rings (SSSR count). The van der Waals surface area contributed by atoms with Gasteiger partial charge in [-0.15, -0.1) is 0 Å². The first-order valence-corrected chi connectivity index (χ1v) is 5.11. The molecular weight excluding hydrogens is 267 g/mol. The van der Waals surface area contributed by atoms with Gasteiger partial charge in [0.2, 0.25) is 0 Å². The van der Waals surface area contributed by atoms with E-state index in [9.17, 15) is 4.79 Å². The van der Waals surface area contributed by atoms with Crippen LogP contribution in [0.15, 0.2) is 22.7 Å². The number of hydrogen-bond donors (Lipinski definition) is 1. The number of urea groups is 1. The molecule has 1 aromatic carbocycles. The molecule has 0 saturated carbocycles. The number of hydrogen-bond acceptors (Lipinski definition) is 1. The Hall–Kier alpha value is -0.740. The summed E-state index contributed by atoms with van der Waals surface area (Å²) in [5.41, 5.74) is 0.708. The van der Waals surface area contributed by atoms with Crippen molar-refractivity contribution in [3.8, 4) is 0 Å². The molecule has 14 heavy (non-hydrogen) atoms. The van der Waals surface area contributed by atoms with E-state index in [1.807, 2.05) is 0 Å². The van der Waals surface area contributed by atoms with Crippen molar-refractivity contribution in [1.29, 1.82) is 0 Å². The predicted octanol–water partition coefficient (Wildman–Crippen LogP) is 3.20. The summed E-state index contributed by atoms with van der Waals surface area (Å²) in [4.78, 5) is 12.7. The number of carbonyl (C=O) groups excluding carboxylic acids is 1. The Morgan fingerprint density at radius 1 is 1.50 bits per heavy atom. The lowest BCUT2D eigenvalue weighted by molar-refractivity contribution is 0.230. The molecule has 0 aliphatic heterocycles. The molecule has 0 saturated heterocycles. The number of halogens is 2. The van der Waals surface area contributed by atoms with Gasteiger partial charge in [0.25, 0.3) is 0 Å². The molecule has 1 N–H and O–H groups in total. The van der Waals surface area contributed by atoms with Crippen LogP contribution >= 0.6 is 27.5 Å². The van der Waals surface area contributed by atoms with Crippen molar-refractivity contribution in [2.24, 2.45) is 0 Å². The standard InChI is InChI=1S/C9H10BrClN2O/c1-13(2)9(14)12-6-3-4-8(11)7(10)5-6/h3-5H,1-2H3,(H,12,14). The number of rotatable bonds is 1. The molecular formula is C9H10BrClN2O. The molecule has 0 fully saturated rings. The summed E-state index contributed by atoms with van der Waals surface area (Å²) in [5, 5.41) is 3.33. The van der Waals surface area contributed by atoms with Gasteiger partial charge in [-0.1, -0.05) is 11.6 Å². The maximum atomic E-state index is 11.3. The van der Waals surface area contributed by atoms with Crippen molar-refractivity contribution in [3.63, 3.8) is 0 Å². The molecule has 5 heteroatoms. The van der Waals surface area contributed by atoms with E-state index < -0.39 is 0 Å². The third-order valence-corrected chi connectivity index (χ3v) is 2.79. The predicted molar refractivity (Wildman–Crippen MR) is 61.9 cm³/mol. The van der Waals surface area contributed by atoms with Gasteiger partial charge in [-0.05, 0) is 34.1 Å². The molecule has 0 radical (unpaired) electrons. The first-order valence-electron chi connectivity index (χ1n) is 3.94. The molecule has 0 aliphatic rings. The molecule has 1 aromatic rings. The molecule has 0 unspecified atom stereocenters. The molecule has 3 nitrogen and oxygen atoms in total. The Bertz CT molecular complexity index is 355. The summed E-state index contributed by atoms with van der Waals surface area (Å²) >= 11 is 9.09. The highest BCUT2D eigenvalue weighted by atomic mass is 79.9. The first-order chi connectivity index (χ1) is 6.50. The van der Waals surface area contributed by atoms with Gasteiger partial charge in [-0.2, -0.15) is 0 Å². The summed E-state index contributed by atoms with van der Waals surface area (Å²) in [7, 11) is 3.36. The lowest BCUT2D eigenvalue weighted by Gasteiger charge is -2.12. The Morgan fingerprint density at radius 2 is 2.14 bits per heavy atom. The molecule has 0 spiro atoms. The second-order valence-electron chi connectivity index (χ2n) is 2.95. The minimum Gasteiger partial charge on any atom is -0.331 e. The molecule has 0 aliphatic carbocycles. The topological polar surface area (TPSA) is 32.3 Å². The van der Waals surface area contributed by atoms with E-state index in [0.29, 0.717) is 10.7 Å². The average molecular weight is 278 g/mol. The number of benzene rings is 1. The highest BCUT2D eigenvalue weighted by Gasteiger charge is 2.04. The fourth-order valence-corrected chi connectivity index (χ4v) is 1.31. The van der Waals surface area contributed by atoms with Crippen LogP contribution in [0.4, 0.5) is 10.5 Å². The Morgan fingerprint density at radius 3 is 2.64 bits per heavy atom. The van der Waals surface area contributed by atoms with Crippen molar-refractivity contribution in [1.82, 2.24) is 4.90 Å². The fourth-order valence-electron chi connectivity index (χ4n) is 0.809. The molecule has 76 valence electrons. The quantitative estimate of drug-likeness (QED) is 0.840. The third-order valence-electron chi connectivity index (χ3n) is 1.58. The van der Waals surface area contributed by atoms with E-state index in [1.54, 1.807) is 32.3 Å². The van der Waals surface area contributed by atoms with Gasteiger partial charge >= 0.3 is 6.03 Å². The van der Waals surface area contributed by atoms with Crippen LogP contribution in [0.5, 0.6) is 0 Å². The lowest BCUT2D eigenvalue weighted by Crippen LogP contribution is -2.27. The minimum absolute atomic E-state index is 0.167. The van der Waals surface area contributed by atoms with Gasteiger partial charge in [0, 0.05) is 24.3 Å². The summed E-state index contributed by atoms with van der Waals surface area (Å²) in [6.07, 6.45) is 0. The number of amides is 2. The van der Waals surface area contributed by atoms with Crippen LogP contribution in [-0.4, -0.2) is 25.0 Å². The van der Waals surface area contributed by atoms with Crippen LogP contribution in [-0.2, 0) is 0 Å².